The van der Waals surface area contributed by atoms with Gasteiger partial charge in [-0.25, -0.2) is 0 Å². The van der Waals surface area contributed by atoms with E-state index in [1.807, 2.05) is 31.1 Å². The molecule has 1 fully saturated rings. The van der Waals surface area contributed by atoms with Gasteiger partial charge in [-0.05, 0) is 12.5 Å². The van der Waals surface area contributed by atoms with Crippen LogP contribution in [0.2, 0.25) is 0 Å². The second kappa shape index (κ2) is 3.03. The van der Waals surface area contributed by atoms with Gasteiger partial charge in [0.25, 0.3) is 0 Å². The third-order valence-electron chi connectivity index (χ3n) is 2.42. The Balaban J connectivity index is 2.25. The monoisotopic (exact) mass is 198 g/mol. The van der Waals surface area contributed by atoms with E-state index >= 15 is 0 Å². The first-order chi connectivity index (χ1) is 6.10. The third kappa shape index (κ3) is 1.60. The molecule has 0 aliphatic carbocycles. The van der Waals surface area contributed by atoms with E-state index in [4.69, 9.17) is 0 Å². The van der Waals surface area contributed by atoms with Crippen LogP contribution < -0.4 is 0 Å². The summed E-state index contributed by atoms with van der Waals surface area (Å²) in [6.45, 7) is 2.14. The number of rotatable bonds is 1. The van der Waals surface area contributed by atoms with Crippen molar-refractivity contribution in [2.75, 3.05) is 5.75 Å². The SMILES string of the molecule is CC1CC(O)(c2ccn(C)n2)CS1. The summed E-state index contributed by atoms with van der Waals surface area (Å²) >= 11 is 1.81. The lowest BCUT2D eigenvalue weighted by Gasteiger charge is -2.18. The highest BCUT2D eigenvalue weighted by molar-refractivity contribution is 8.00. The second-order valence-electron chi connectivity index (χ2n) is 3.73. The molecule has 4 heteroatoms. The molecule has 72 valence electrons. The highest BCUT2D eigenvalue weighted by Gasteiger charge is 2.39. The Bertz CT molecular complexity index is 312. The van der Waals surface area contributed by atoms with Gasteiger partial charge in [-0.1, -0.05) is 6.92 Å². The van der Waals surface area contributed by atoms with Crippen molar-refractivity contribution in [1.82, 2.24) is 9.78 Å². The van der Waals surface area contributed by atoms with E-state index in [9.17, 15) is 5.11 Å². The molecule has 0 radical (unpaired) electrons. The molecule has 2 atom stereocenters. The van der Waals surface area contributed by atoms with Crippen LogP contribution in [0, 0.1) is 0 Å². The van der Waals surface area contributed by atoms with Gasteiger partial charge in [0.2, 0.25) is 0 Å². The Hall–Kier alpha value is -0.480. The zero-order valence-electron chi connectivity index (χ0n) is 7.90. The van der Waals surface area contributed by atoms with E-state index in [1.165, 1.54) is 0 Å². The molecule has 1 aromatic heterocycles. The molecule has 0 bridgehead atoms. The predicted molar refractivity (Wildman–Crippen MR) is 53.6 cm³/mol. The Morgan fingerprint density at radius 2 is 2.54 bits per heavy atom. The van der Waals surface area contributed by atoms with Crippen LogP contribution >= 0.6 is 11.8 Å². The summed E-state index contributed by atoms with van der Waals surface area (Å²) in [6, 6.07) is 1.90. The average molecular weight is 198 g/mol. The summed E-state index contributed by atoms with van der Waals surface area (Å²) in [5.41, 5.74) is 0.123. The van der Waals surface area contributed by atoms with Crippen molar-refractivity contribution in [2.24, 2.45) is 7.05 Å². The quantitative estimate of drug-likeness (QED) is 0.735. The lowest BCUT2D eigenvalue weighted by molar-refractivity contribution is 0.0560. The summed E-state index contributed by atoms with van der Waals surface area (Å²) in [4.78, 5) is 0. The van der Waals surface area contributed by atoms with E-state index in [1.54, 1.807) is 4.68 Å². The summed E-state index contributed by atoms with van der Waals surface area (Å²) in [6.07, 6.45) is 2.69. The van der Waals surface area contributed by atoms with Crippen LogP contribution in [0.15, 0.2) is 12.3 Å². The number of nitrogens with zero attached hydrogens (tertiary/aromatic N) is 2. The molecule has 2 unspecified atom stereocenters. The number of aromatic nitrogens is 2. The molecule has 1 saturated heterocycles. The predicted octanol–water partition coefficient (Wildman–Crippen LogP) is 1.13. The Morgan fingerprint density at radius 1 is 1.77 bits per heavy atom. The molecule has 0 saturated carbocycles. The summed E-state index contributed by atoms with van der Waals surface area (Å²) in [5.74, 6) is 0.769. The van der Waals surface area contributed by atoms with Gasteiger partial charge in [-0.3, -0.25) is 4.68 Å². The summed E-state index contributed by atoms with van der Waals surface area (Å²) in [5, 5.41) is 15.0. The first-order valence-corrected chi connectivity index (χ1v) is 5.49. The molecule has 13 heavy (non-hydrogen) atoms. The highest BCUT2D eigenvalue weighted by Crippen LogP contribution is 2.40. The number of thioether (sulfide) groups is 1. The van der Waals surface area contributed by atoms with Crippen molar-refractivity contribution < 1.29 is 5.11 Å². The fraction of sp³-hybridized carbons (Fsp3) is 0.667. The maximum Gasteiger partial charge on any atom is 0.118 e. The lowest BCUT2D eigenvalue weighted by atomic mass is 9.97. The van der Waals surface area contributed by atoms with Gasteiger partial charge >= 0.3 is 0 Å². The molecule has 1 aliphatic rings. The van der Waals surface area contributed by atoms with E-state index in [0.717, 1.165) is 17.9 Å². The first-order valence-electron chi connectivity index (χ1n) is 4.44. The Labute approximate surface area is 82.1 Å². The molecular formula is C9H14N2OS. The number of aliphatic hydroxyl groups is 1. The minimum Gasteiger partial charge on any atom is -0.383 e. The summed E-state index contributed by atoms with van der Waals surface area (Å²) < 4.78 is 1.74. The van der Waals surface area contributed by atoms with Crippen LogP contribution in [0.1, 0.15) is 19.0 Å². The first kappa shape index (κ1) is 9.09. The van der Waals surface area contributed by atoms with Gasteiger partial charge in [-0.15, -0.1) is 0 Å². The number of hydrogen-bond donors (Lipinski definition) is 1. The van der Waals surface area contributed by atoms with Crippen LogP contribution in [0.25, 0.3) is 0 Å². The van der Waals surface area contributed by atoms with Gasteiger partial charge in [0, 0.05) is 24.2 Å². The van der Waals surface area contributed by atoms with Crippen molar-refractivity contribution in [3.63, 3.8) is 0 Å². The van der Waals surface area contributed by atoms with Gasteiger partial charge in [0.05, 0.1) is 5.69 Å². The topological polar surface area (TPSA) is 38.0 Å². The van der Waals surface area contributed by atoms with Gasteiger partial charge in [0.15, 0.2) is 0 Å². The minimum absolute atomic E-state index is 0.534. The molecule has 3 nitrogen and oxygen atoms in total. The van der Waals surface area contributed by atoms with Crippen molar-refractivity contribution in [3.05, 3.63) is 18.0 Å². The lowest BCUT2D eigenvalue weighted by Crippen LogP contribution is -2.26. The van der Waals surface area contributed by atoms with E-state index in [0.29, 0.717) is 5.25 Å². The Kier molecular flexibility index (Phi) is 2.12. The van der Waals surface area contributed by atoms with Crippen molar-refractivity contribution in [2.45, 2.75) is 24.2 Å². The van der Waals surface area contributed by atoms with E-state index in [2.05, 4.69) is 12.0 Å². The zero-order valence-corrected chi connectivity index (χ0v) is 8.71. The second-order valence-corrected chi connectivity index (χ2v) is 5.16. The van der Waals surface area contributed by atoms with E-state index < -0.39 is 5.60 Å². The molecule has 0 spiro atoms. The molecule has 1 aliphatic heterocycles. The van der Waals surface area contributed by atoms with Crippen molar-refractivity contribution in [1.29, 1.82) is 0 Å². The normalized spacial score (nSPS) is 33.9. The van der Waals surface area contributed by atoms with Crippen LogP contribution in [-0.2, 0) is 12.6 Å². The molecule has 2 heterocycles. The van der Waals surface area contributed by atoms with Crippen LogP contribution in [-0.4, -0.2) is 25.9 Å². The zero-order chi connectivity index (χ0) is 9.47. The van der Waals surface area contributed by atoms with Gasteiger partial charge in [0.1, 0.15) is 5.60 Å². The standard InChI is InChI=1S/C9H14N2OS/c1-7-5-9(12,6-13-7)8-3-4-11(2)10-8/h3-4,7,12H,5-6H2,1-2H3. The van der Waals surface area contributed by atoms with Crippen LogP contribution in [0.3, 0.4) is 0 Å². The smallest absolute Gasteiger partial charge is 0.118 e. The molecule has 0 amide bonds. The van der Waals surface area contributed by atoms with E-state index in [-0.39, 0.29) is 0 Å². The molecular weight excluding hydrogens is 184 g/mol. The molecule has 0 aromatic carbocycles. The van der Waals surface area contributed by atoms with Gasteiger partial charge < -0.3 is 5.11 Å². The number of hydrogen-bond acceptors (Lipinski definition) is 3. The fourth-order valence-corrected chi connectivity index (χ4v) is 2.93. The maximum atomic E-state index is 10.2. The molecule has 1 N–H and O–H groups in total. The largest absolute Gasteiger partial charge is 0.383 e. The maximum absolute atomic E-state index is 10.2. The molecule has 2 rings (SSSR count). The van der Waals surface area contributed by atoms with Crippen LogP contribution in [0.4, 0.5) is 0 Å². The van der Waals surface area contributed by atoms with Crippen molar-refractivity contribution >= 4 is 11.8 Å². The Morgan fingerprint density at radius 3 is 3.00 bits per heavy atom. The average Bonchev–Trinajstić information content (AvgIpc) is 2.60. The van der Waals surface area contributed by atoms with Crippen molar-refractivity contribution in [3.8, 4) is 0 Å². The third-order valence-corrected chi connectivity index (χ3v) is 3.80. The molecule has 1 aromatic rings. The fourth-order valence-electron chi connectivity index (χ4n) is 1.72. The minimum atomic E-state index is -0.689. The summed E-state index contributed by atoms with van der Waals surface area (Å²) in [7, 11) is 1.87. The highest BCUT2D eigenvalue weighted by atomic mass is 32.2. The number of aryl methyl sites for hydroxylation is 1. The van der Waals surface area contributed by atoms with Crippen LogP contribution in [0.5, 0.6) is 0 Å². The van der Waals surface area contributed by atoms with Gasteiger partial charge in [-0.2, -0.15) is 16.9 Å².